The van der Waals surface area contributed by atoms with Crippen LogP contribution >= 0.6 is 35.5 Å². The molecule has 0 saturated heterocycles. The highest BCUT2D eigenvalue weighted by atomic mass is 32.2. The van der Waals surface area contributed by atoms with Crippen LogP contribution in [0.5, 0.6) is 0 Å². The van der Waals surface area contributed by atoms with Crippen LogP contribution in [-0.2, 0) is 10.5 Å². The van der Waals surface area contributed by atoms with E-state index in [1.54, 1.807) is 11.8 Å². The lowest BCUT2D eigenvalue weighted by atomic mass is 9.86. The van der Waals surface area contributed by atoms with E-state index in [1.807, 2.05) is 11.9 Å². The summed E-state index contributed by atoms with van der Waals surface area (Å²) < 4.78 is 2.53. The van der Waals surface area contributed by atoms with Gasteiger partial charge in [-0.2, -0.15) is 0 Å². The number of hydrogen-bond donors (Lipinski definition) is 1. The van der Waals surface area contributed by atoms with Crippen LogP contribution in [0, 0.1) is 0 Å². The van der Waals surface area contributed by atoms with Gasteiger partial charge in [0.25, 0.3) is 0 Å². The second-order valence-electron chi connectivity index (χ2n) is 8.96. The van der Waals surface area contributed by atoms with Gasteiger partial charge in [0.15, 0.2) is 0 Å². The molecular weight excluding hydrogens is 481 g/mol. The van der Waals surface area contributed by atoms with Gasteiger partial charge in [-0.3, -0.25) is 4.79 Å². The predicted molar refractivity (Wildman–Crippen MR) is 151 cm³/mol. The largest absolute Gasteiger partial charge is 0.481 e. The van der Waals surface area contributed by atoms with E-state index < -0.39 is 5.97 Å². The van der Waals surface area contributed by atoms with Gasteiger partial charge in [-0.1, -0.05) is 57.7 Å². The highest BCUT2D eigenvalue weighted by Crippen LogP contribution is 2.48. The number of likely N-dealkylation sites (N-methyl/N-ethyl adjacent to an activating group) is 1. The van der Waals surface area contributed by atoms with Gasteiger partial charge in [-0.25, -0.2) is 4.31 Å². The van der Waals surface area contributed by atoms with Crippen LogP contribution in [0.1, 0.15) is 57.9 Å². The third-order valence-electron chi connectivity index (χ3n) is 6.55. The number of thioether (sulfide) groups is 2. The maximum absolute atomic E-state index is 11.1. The van der Waals surface area contributed by atoms with Crippen LogP contribution in [-0.4, -0.2) is 46.5 Å². The summed E-state index contributed by atoms with van der Waals surface area (Å²) in [5.74, 6) is 0.0828. The topological polar surface area (TPSA) is 43.8 Å². The van der Waals surface area contributed by atoms with Crippen LogP contribution in [0.2, 0.25) is 0 Å². The Morgan fingerprint density at radius 3 is 2.38 bits per heavy atom. The standard InChI is InChI=1S/C27H38N2O2S3/c1-5-7-14-27(15-8-6-2)20-29(22-12-10-9-11-13-22)23-17-24(32-4)21(18-33-19-26(30)31)16-25(23)34-28(27)3/h9-13,16-17H,5-8,14-15,18-20H2,1-4H3,(H,30,31). The Kier molecular flexibility index (Phi) is 10.6. The fourth-order valence-corrected chi connectivity index (χ4v) is 7.23. The first-order valence-corrected chi connectivity index (χ1v) is 15.3. The Bertz CT molecular complexity index is 931. The highest BCUT2D eigenvalue weighted by Gasteiger charge is 2.40. The predicted octanol–water partition coefficient (Wildman–Crippen LogP) is 7.94. The van der Waals surface area contributed by atoms with Gasteiger partial charge >= 0.3 is 5.97 Å². The molecule has 0 saturated carbocycles. The molecule has 0 bridgehead atoms. The fraction of sp³-hybridized carbons (Fsp3) is 0.519. The molecule has 0 aromatic heterocycles. The van der Waals surface area contributed by atoms with Crippen molar-refractivity contribution in [3.63, 3.8) is 0 Å². The van der Waals surface area contributed by atoms with Crippen LogP contribution in [0.25, 0.3) is 0 Å². The number of carbonyl (C=O) groups is 1. The number of carboxylic acid groups (broad SMARTS) is 1. The second kappa shape index (κ2) is 13.1. The first-order valence-electron chi connectivity index (χ1n) is 12.2. The lowest BCUT2D eigenvalue weighted by Gasteiger charge is -2.42. The SMILES string of the molecule is CCCCC1(CCCC)CN(c2ccccc2)c2cc(SC)c(CSCC(=O)O)cc2SN1C. The monoisotopic (exact) mass is 518 g/mol. The van der Waals surface area contributed by atoms with Crippen molar-refractivity contribution < 1.29 is 9.90 Å². The zero-order valence-corrected chi connectivity index (χ0v) is 23.3. The summed E-state index contributed by atoms with van der Waals surface area (Å²) in [6.07, 6.45) is 9.32. The second-order valence-corrected chi connectivity index (χ2v) is 12.0. The van der Waals surface area contributed by atoms with Crippen LogP contribution in [0.15, 0.2) is 52.3 Å². The lowest BCUT2D eigenvalue weighted by molar-refractivity contribution is -0.133. The highest BCUT2D eigenvalue weighted by molar-refractivity contribution is 7.99. The summed E-state index contributed by atoms with van der Waals surface area (Å²) in [5, 5.41) is 9.10. The Balaban J connectivity index is 2.09. The summed E-state index contributed by atoms with van der Waals surface area (Å²) in [5.41, 5.74) is 3.80. The van der Waals surface area contributed by atoms with E-state index in [-0.39, 0.29) is 11.3 Å². The molecular formula is C27H38N2O2S3. The van der Waals surface area contributed by atoms with E-state index in [0.29, 0.717) is 5.75 Å². The van der Waals surface area contributed by atoms with Gasteiger partial charge in [0, 0.05) is 33.3 Å². The molecule has 0 fully saturated rings. The third-order valence-corrected chi connectivity index (χ3v) is 9.52. The number of aliphatic carboxylic acids is 1. The normalized spacial score (nSPS) is 15.7. The fourth-order valence-electron chi connectivity index (χ4n) is 4.60. The first kappa shape index (κ1) is 27.3. The molecule has 1 N–H and O–H groups in total. The molecule has 0 aliphatic carbocycles. The number of rotatable bonds is 12. The number of unbranched alkanes of at least 4 members (excludes halogenated alkanes) is 2. The van der Waals surface area contributed by atoms with Gasteiger partial charge in [-0.05, 0) is 67.9 Å². The van der Waals surface area contributed by atoms with Crippen molar-refractivity contribution >= 4 is 52.8 Å². The quantitative estimate of drug-likeness (QED) is 0.226. The molecule has 1 aliphatic heterocycles. The Labute approximate surface area is 218 Å². The van der Waals surface area contributed by atoms with Crippen LogP contribution < -0.4 is 4.90 Å². The number of anilines is 2. The van der Waals surface area contributed by atoms with Gasteiger partial charge < -0.3 is 10.0 Å². The van der Waals surface area contributed by atoms with Crippen molar-refractivity contribution in [1.82, 2.24) is 4.31 Å². The minimum atomic E-state index is -0.758. The third kappa shape index (κ3) is 6.68. The maximum Gasteiger partial charge on any atom is 0.313 e. The molecule has 0 spiro atoms. The Morgan fingerprint density at radius 2 is 1.79 bits per heavy atom. The zero-order valence-electron chi connectivity index (χ0n) is 20.9. The summed E-state index contributed by atoms with van der Waals surface area (Å²) in [6.45, 7) is 5.54. The van der Waals surface area contributed by atoms with Gasteiger partial charge in [0.2, 0.25) is 0 Å². The smallest absolute Gasteiger partial charge is 0.313 e. The molecule has 0 unspecified atom stereocenters. The molecule has 186 valence electrons. The minimum Gasteiger partial charge on any atom is -0.481 e. The molecule has 1 aliphatic rings. The minimum absolute atomic E-state index is 0.0866. The number of para-hydroxylation sites is 1. The van der Waals surface area contributed by atoms with Crippen molar-refractivity contribution in [3.8, 4) is 0 Å². The average molecular weight is 519 g/mol. The average Bonchev–Trinajstić information content (AvgIpc) is 2.95. The molecule has 0 amide bonds. The number of benzene rings is 2. The van der Waals surface area contributed by atoms with Crippen molar-refractivity contribution in [2.24, 2.45) is 0 Å². The first-order chi connectivity index (χ1) is 16.4. The molecule has 1 heterocycles. The van der Waals surface area contributed by atoms with Crippen molar-refractivity contribution in [3.05, 3.63) is 48.0 Å². The van der Waals surface area contributed by atoms with E-state index in [9.17, 15) is 4.79 Å². The molecule has 4 nitrogen and oxygen atoms in total. The summed E-state index contributed by atoms with van der Waals surface area (Å²) in [4.78, 5) is 16.1. The van der Waals surface area contributed by atoms with Crippen molar-refractivity contribution in [2.45, 2.75) is 73.5 Å². The summed E-state index contributed by atoms with van der Waals surface area (Å²) in [7, 11) is 2.27. The number of carboxylic acids is 1. The molecule has 2 aromatic rings. The Hall–Kier alpha value is -1.28. The van der Waals surface area contributed by atoms with E-state index >= 15 is 0 Å². The van der Waals surface area contributed by atoms with E-state index in [0.717, 1.165) is 6.54 Å². The summed E-state index contributed by atoms with van der Waals surface area (Å²) >= 11 is 5.09. The molecule has 0 atom stereocenters. The number of hydrogen-bond acceptors (Lipinski definition) is 6. The van der Waals surface area contributed by atoms with E-state index in [1.165, 1.54) is 77.0 Å². The van der Waals surface area contributed by atoms with Gasteiger partial charge in [0.05, 0.1) is 11.4 Å². The Morgan fingerprint density at radius 1 is 1.12 bits per heavy atom. The lowest BCUT2D eigenvalue weighted by Crippen LogP contribution is -2.49. The van der Waals surface area contributed by atoms with Gasteiger partial charge in [0.1, 0.15) is 0 Å². The van der Waals surface area contributed by atoms with Crippen LogP contribution in [0.4, 0.5) is 11.4 Å². The van der Waals surface area contributed by atoms with Crippen LogP contribution in [0.3, 0.4) is 0 Å². The van der Waals surface area contributed by atoms with Gasteiger partial charge in [-0.15, -0.1) is 23.5 Å². The van der Waals surface area contributed by atoms with Crippen molar-refractivity contribution in [1.29, 1.82) is 0 Å². The molecule has 34 heavy (non-hydrogen) atoms. The molecule has 0 radical (unpaired) electrons. The summed E-state index contributed by atoms with van der Waals surface area (Å²) in [6, 6.07) is 15.4. The molecule has 2 aromatic carbocycles. The van der Waals surface area contributed by atoms with E-state index in [4.69, 9.17) is 5.11 Å². The number of fused-ring (bicyclic) bond motifs is 1. The number of nitrogens with zero attached hydrogens (tertiary/aromatic N) is 2. The molecule has 7 heteroatoms. The maximum atomic E-state index is 11.1. The van der Waals surface area contributed by atoms with Crippen molar-refractivity contribution in [2.75, 3.05) is 30.5 Å². The molecule has 3 rings (SSSR count). The van der Waals surface area contributed by atoms with E-state index in [2.05, 4.69) is 78.8 Å². The zero-order chi connectivity index (χ0) is 24.6.